The van der Waals surface area contributed by atoms with Crippen LogP contribution in [0.5, 0.6) is 5.75 Å². The number of hydrogen-bond donors (Lipinski definition) is 0. The van der Waals surface area contributed by atoms with E-state index >= 15 is 0 Å². The van der Waals surface area contributed by atoms with Crippen LogP contribution in [0.25, 0.3) is 0 Å². The van der Waals surface area contributed by atoms with Crippen LogP contribution in [-0.4, -0.2) is 44.3 Å². The average molecular weight is 423 g/mol. The van der Waals surface area contributed by atoms with Crippen molar-refractivity contribution < 1.29 is 13.2 Å². The van der Waals surface area contributed by atoms with Crippen LogP contribution in [0.2, 0.25) is 5.02 Å². The highest BCUT2D eigenvalue weighted by molar-refractivity contribution is 8.13. The molecular formula is C19H19ClN2O3S2. The molecule has 2 heterocycles. The number of rotatable bonds is 4. The van der Waals surface area contributed by atoms with Gasteiger partial charge >= 0.3 is 0 Å². The summed E-state index contributed by atoms with van der Waals surface area (Å²) in [4.78, 5) is 6.77. The molecule has 0 saturated carbocycles. The van der Waals surface area contributed by atoms with E-state index in [4.69, 9.17) is 21.3 Å². The second-order valence-corrected chi connectivity index (χ2v) is 10.0. The van der Waals surface area contributed by atoms with Crippen molar-refractivity contribution in [2.24, 2.45) is 4.99 Å². The van der Waals surface area contributed by atoms with Gasteiger partial charge < -0.3 is 9.64 Å². The molecule has 5 nitrogen and oxygen atoms in total. The van der Waals surface area contributed by atoms with Crippen molar-refractivity contribution in [3.8, 4) is 5.75 Å². The first-order chi connectivity index (χ1) is 13.0. The number of sulfone groups is 1. The molecule has 0 amide bonds. The maximum atomic E-state index is 12.2. The molecule has 0 aromatic heterocycles. The molecule has 0 bridgehead atoms. The monoisotopic (exact) mass is 422 g/mol. The predicted octanol–water partition coefficient (Wildman–Crippen LogP) is 3.62. The SMILES string of the molecule is COc1ccccc1N1C(SCc2ccccc2Cl)=N[C@@H]2CS(=O)(=O)C[C@@H]21. The molecule has 142 valence electrons. The quantitative estimate of drug-likeness (QED) is 0.753. The molecule has 2 aliphatic heterocycles. The summed E-state index contributed by atoms with van der Waals surface area (Å²) < 4.78 is 29.8. The van der Waals surface area contributed by atoms with Crippen molar-refractivity contribution in [3.05, 3.63) is 59.1 Å². The number of thioether (sulfide) groups is 1. The Bertz CT molecular complexity index is 994. The van der Waals surface area contributed by atoms with Crippen LogP contribution in [0.1, 0.15) is 5.56 Å². The first-order valence-electron chi connectivity index (χ1n) is 8.55. The van der Waals surface area contributed by atoms with Gasteiger partial charge in [-0.2, -0.15) is 0 Å². The second-order valence-electron chi connectivity index (χ2n) is 6.55. The molecule has 27 heavy (non-hydrogen) atoms. The molecule has 0 unspecified atom stereocenters. The Balaban J connectivity index is 1.67. The number of anilines is 1. The number of amidine groups is 1. The topological polar surface area (TPSA) is 59.0 Å². The minimum atomic E-state index is -3.08. The fourth-order valence-corrected chi connectivity index (χ4v) is 6.75. The zero-order valence-electron chi connectivity index (χ0n) is 14.7. The lowest BCUT2D eigenvalue weighted by atomic mass is 10.1. The Kier molecular flexibility index (Phi) is 5.09. The first kappa shape index (κ1) is 18.7. The van der Waals surface area contributed by atoms with Crippen LogP contribution in [0, 0.1) is 0 Å². The summed E-state index contributed by atoms with van der Waals surface area (Å²) in [6.45, 7) is 0. The van der Waals surface area contributed by atoms with E-state index in [-0.39, 0.29) is 23.6 Å². The fourth-order valence-electron chi connectivity index (χ4n) is 3.50. The van der Waals surface area contributed by atoms with Crippen LogP contribution < -0.4 is 9.64 Å². The molecule has 0 N–H and O–H groups in total. The van der Waals surface area contributed by atoms with Crippen LogP contribution in [0.4, 0.5) is 5.69 Å². The number of fused-ring (bicyclic) bond motifs is 1. The number of benzene rings is 2. The molecule has 4 rings (SSSR count). The molecule has 8 heteroatoms. The lowest BCUT2D eigenvalue weighted by Crippen LogP contribution is -2.39. The number of methoxy groups -OCH3 is 1. The molecule has 0 radical (unpaired) electrons. The maximum absolute atomic E-state index is 12.2. The van der Waals surface area contributed by atoms with Gasteiger partial charge in [0.2, 0.25) is 0 Å². The summed E-state index contributed by atoms with van der Waals surface area (Å²) in [7, 11) is -1.47. The van der Waals surface area contributed by atoms with Crippen molar-refractivity contribution in [1.82, 2.24) is 0 Å². The normalized spacial score (nSPS) is 23.2. The highest BCUT2D eigenvalue weighted by atomic mass is 35.5. The minimum Gasteiger partial charge on any atom is -0.495 e. The second kappa shape index (κ2) is 7.37. The summed E-state index contributed by atoms with van der Waals surface area (Å²) in [6, 6.07) is 14.9. The van der Waals surface area contributed by atoms with Gasteiger partial charge in [0.1, 0.15) is 5.75 Å². The third kappa shape index (κ3) is 3.68. The highest BCUT2D eigenvalue weighted by Crippen LogP contribution is 2.40. The summed E-state index contributed by atoms with van der Waals surface area (Å²) in [5, 5.41) is 1.53. The van der Waals surface area contributed by atoms with Gasteiger partial charge in [-0.05, 0) is 23.8 Å². The van der Waals surface area contributed by atoms with E-state index in [1.165, 1.54) is 0 Å². The molecule has 2 aliphatic rings. The number of ether oxygens (including phenoxy) is 1. The van der Waals surface area contributed by atoms with Gasteiger partial charge in [-0.1, -0.05) is 53.7 Å². The zero-order chi connectivity index (χ0) is 19.0. The van der Waals surface area contributed by atoms with Gasteiger partial charge in [0.15, 0.2) is 15.0 Å². The van der Waals surface area contributed by atoms with Crippen molar-refractivity contribution in [2.45, 2.75) is 17.8 Å². The first-order valence-corrected chi connectivity index (χ1v) is 11.7. The Morgan fingerprint density at radius 1 is 1.19 bits per heavy atom. The number of nitrogens with zero attached hydrogens (tertiary/aromatic N) is 2. The molecule has 2 aromatic rings. The number of hydrogen-bond acceptors (Lipinski definition) is 6. The summed E-state index contributed by atoms with van der Waals surface area (Å²) in [5.41, 5.74) is 1.87. The largest absolute Gasteiger partial charge is 0.495 e. The van der Waals surface area contributed by atoms with Gasteiger partial charge in [0.25, 0.3) is 0 Å². The average Bonchev–Trinajstić information content (AvgIpc) is 3.12. The van der Waals surface area contributed by atoms with E-state index in [0.717, 1.165) is 21.4 Å². The summed E-state index contributed by atoms with van der Waals surface area (Å²) in [6.07, 6.45) is 0. The highest BCUT2D eigenvalue weighted by Gasteiger charge is 2.47. The minimum absolute atomic E-state index is 0.0967. The third-order valence-corrected chi connectivity index (χ3v) is 7.85. The zero-order valence-corrected chi connectivity index (χ0v) is 17.1. The van der Waals surface area contributed by atoms with Gasteiger partial charge in [0, 0.05) is 10.8 Å². The summed E-state index contributed by atoms with van der Waals surface area (Å²) >= 11 is 7.85. The van der Waals surface area contributed by atoms with E-state index in [9.17, 15) is 8.42 Å². The molecule has 2 atom stereocenters. The Labute approximate surface area is 168 Å². The molecule has 1 fully saturated rings. The van der Waals surface area contributed by atoms with Crippen molar-refractivity contribution in [3.63, 3.8) is 0 Å². The lowest BCUT2D eigenvalue weighted by Gasteiger charge is -2.28. The Hall–Kier alpha value is -1.70. The third-order valence-electron chi connectivity index (χ3n) is 4.77. The van der Waals surface area contributed by atoms with E-state index < -0.39 is 9.84 Å². The van der Waals surface area contributed by atoms with E-state index in [1.54, 1.807) is 18.9 Å². The molecule has 0 spiro atoms. The van der Waals surface area contributed by atoms with Gasteiger partial charge in [-0.3, -0.25) is 4.99 Å². The van der Waals surface area contributed by atoms with E-state index in [2.05, 4.69) is 0 Å². The molecular weight excluding hydrogens is 404 g/mol. The standard InChI is InChI=1S/C19H19ClN2O3S2/c1-25-18-9-5-4-8-16(18)22-17-12-27(23,24)11-15(17)21-19(22)26-10-13-6-2-3-7-14(13)20/h2-9,15,17H,10-12H2,1H3/t15-,17+/m1/s1. The number of halogens is 1. The van der Waals surface area contributed by atoms with Gasteiger partial charge in [-0.15, -0.1) is 0 Å². The van der Waals surface area contributed by atoms with E-state index in [0.29, 0.717) is 11.5 Å². The molecule has 1 saturated heterocycles. The van der Waals surface area contributed by atoms with Crippen LogP contribution >= 0.6 is 23.4 Å². The lowest BCUT2D eigenvalue weighted by molar-refractivity contribution is 0.415. The Morgan fingerprint density at radius 2 is 1.93 bits per heavy atom. The molecule has 2 aromatic carbocycles. The fraction of sp³-hybridized carbons (Fsp3) is 0.316. The van der Waals surface area contributed by atoms with Crippen molar-refractivity contribution >= 4 is 44.1 Å². The number of aliphatic imine (C=N–C) groups is 1. The van der Waals surface area contributed by atoms with Crippen molar-refractivity contribution in [2.75, 3.05) is 23.5 Å². The maximum Gasteiger partial charge on any atom is 0.164 e. The van der Waals surface area contributed by atoms with Crippen LogP contribution in [0.15, 0.2) is 53.5 Å². The van der Waals surface area contributed by atoms with Gasteiger partial charge in [-0.25, -0.2) is 8.42 Å². The van der Waals surface area contributed by atoms with E-state index in [1.807, 2.05) is 53.4 Å². The predicted molar refractivity (Wildman–Crippen MR) is 112 cm³/mol. The summed E-state index contributed by atoms with van der Waals surface area (Å²) in [5.74, 6) is 1.57. The van der Waals surface area contributed by atoms with Crippen LogP contribution in [-0.2, 0) is 15.6 Å². The van der Waals surface area contributed by atoms with Crippen molar-refractivity contribution in [1.29, 1.82) is 0 Å². The van der Waals surface area contributed by atoms with Crippen LogP contribution in [0.3, 0.4) is 0 Å². The van der Waals surface area contributed by atoms with Gasteiger partial charge in [0.05, 0.1) is 36.4 Å². The number of para-hydroxylation sites is 2. The smallest absolute Gasteiger partial charge is 0.164 e. The molecule has 0 aliphatic carbocycles. The Morgan fingerprint density at radius 3 is 2.70 bits per heavy atom.